The molecule has 0 spiro atoms. The van der Waals surface area contributed by atoms with E-state index in [0.717, 1.165) is 11.1 Å². The summed E-state index contributed by atoms with van der Waals surface area (Å²) < 4.78 is 12.5. The summed E-state index contributed by atoms with van der Waals surface area (Å²) in [6.45, 7) is 0. The van der Waals surface area contributed by atoms with Crippen LogP contribution >= 0.6 is 23.8 Å². The van der Waals surface area contributed by atoms with Gasteiger partial charge in [-0.2, -0.15) is 14.9 Å². The Labute approximate surface area is 154 Å². The first-order valence-electron chi connectivity index (χ1n) is 7.32. The van der Waals surface area contributed by atoms with Crippen molar-refractivity contribution in [1.82, 2.24) is 14.9 Å². The maximum atomic E-state index is 6.22. The first kappa shape index (κ1) is 17.2. The summed E-state index contributed by atoms with van der Waals surface area (Å²) in [7, 11) is 3.09. The maximum Gasteiger partial charge on any atom is 0.216 e. The normalized spacial score (nSPS) is 11.0. The quantitative estimate of drug-likeness (QED) is 0.538. The Morgan fingerprint density at radius 2 is 1.96 bits per heavy atom. The molecule has 0 bridgehead atoms. The number of ether oxygens (including phenoxy) is 2. The second-order valence-electron chi connectivity index (χ2n) is 5.01. The van der Waals surface area contributed by atoms with Crippen LogP contribution in [-0.4, -0.2) is 35.3 Å². The minimum absolute atomic E-state index is 0.390. The molecule has 3 aromatic rings. The van der Waals surface area contributed by atoms with Crippen molar-refractivity contribution in [1.29, 1.82) is 0 Å². The van der Waals surface area contributed by atoms with Gasteiger partial charge in [-0.1, -0.05) is 41.9 Å². The monoisotopic (exact) mass is 374 g/mol. The average Bonchev–Trinajstić information content (AvgIpc) is 3.00. The number of methoxy groups -OCH3 is 2. The Morgan fingerprint density at radius 1 is 1.20 bits per heavy atom. The molecule has 1 heterocycles. The second kappa shape index (κ2) is 7.50. The molecule has 0 saturated carbocycles. The van der Waals surface area contributed by atoms with Crippen LogP contribution in [0.2, 0.25) is 5.02 Å². The summed E-state index contributed by atoms with van der Waals surface area (Å²) in [5.74, 6) is 1.62. The summed E-state index contributed by atoms with van der Waals surface area (Å²) in [5, 5.41) is 11.8. The van der Waals surface area contributed by atoms with E-state index >= 15 is 0 Å². The first-order valence-corrected chi connectivity index (χ1v) is 8.11. The van der Waals surface area contributed by atoms with Crippen LogP contribution in [0.15, 0.2) is 47.6 Å². The van der Waals surface area contributed by atoms with Gasteiger partial charge in [-0.3, -0.25) is 0 Å². The van der Waals surface area contributed by atoms with Crippen molar-refractivity contribution >= 4 is 30.0 Å². The van der Waals surface area contributed by atoms with Crippen LogP contribution in [0.5, 0.6) is 11.5 Å². The summed E-state index contributed by atoms with van der Waals surface area (Å²) in [6, 6.07) is 13.2. The van der Waals surface area contributed by atoms with E-state index in [1.54, 1.807) is 30.1 Å². The SMILES string of the molecule is COc1cc(/C=N\n2c(-c3ccccc3)n[nH]c2=S)cc(Cl)c1OC. The molecule has 2 aromatic carbocycles. The number of hydrogen-bond acceptors (Lipinski definition) is 5. The third-order valence-electron chi connectivity index (χ3n) is 3.46. The van der Waals surface area contributed by atoms with Gasteiger partial charge >= 0.3 is 0 Å². The number of aromatic nitrogens is 3. The highest BCUT2D eigenvalue weighted by Gasteiger charge is 2.11. The summed E-state index contributed by atoms with van der Waals surface area (Å²) in [6.07, 6.45) is 1.63. The molecule has 0 saturated heterocycles. The van der Waals surface area contributed by atoms with Gasteiger partial charge < -0.3 is 9.47 Å². The molecule has 0 aliphatic rings. The fraction of sp³-hybridized carbons (Fsp3) is 0.118. The number of hydrogen-bond donors (Lipinski definition) is 1. The first-order chi connectivity index (χ1) is 12.1. The van der Waals surface area contributed by atoms with Crippen molar-refractivity contribution in [2.45, 2.75) is 0 Å². The number of halogens is 1. The second-order valence-corrected chi connectivity index (χ2v) is 5.81. The molecule has 128 valence electrons. The van der Waals surface area contributed by atoms with Gasteiger partial charge in [0.2, 0.25) is 4.77 Å². The molecule has 1 aromatic heterocycles. The summed E-state index contributed by atoms with van der Waals surface area (Å²) in [5.41, 5.74) is 1.64. The van der Waals surface area contributed by atoms with Crippen molar-refractivity contribution in [2.75, 3.05) is 14.2 Å². The van der Waals surface area contributed by atoms with Gasteiger partial charge in [0.05, 0.1) is 25.5 Å². The van der Waals surface area contributed by atoms with E-state index in [1.165, 1.54) is 7.11 Å². The summed E-state index contributed by atoms with van der Waals surface area (Å²) in [4.78, 5) is 0. The van der Waals surface area contributed by atoms with Crippen LogP contribution in [-0.2, 0) is 0 Å². The molecular weight excluding hydrogens is 360 g/mol. The minimum Gasteiger partial charge on any atom is -0.493 e. The molecule has 0 aliphatic heterocycles. The predicted molar refractivity (Wildman–Crippen MR) is 100 cm³/mol. The molecule has 3 rings (SSSR count). The Kier molecular flexibility index (Phi) is 5.16. The molecule has 8 heteroatoms. The van der Waals surface area contributed by atoms with Gasteiger partial charge in [0.15, 0.2) is 17.3 Å². The molecular formula is C17H15ClN4O2S. The van der Waals surface area contributed by atoms with E-state index < -0.39 is 0 Å². The Morgan fingerprint density at radius 3 is 2.64 bits per heavy atom. The molecule has 1 N–H and O–H groups in total. The van der Waals surface area contributed by atoms with Gasteiger partial charge in [0.1, 0.15) is 0 Å². The minimum atomic E-state index is 0.390. The number of benzene rings is 2. The highest BCUT2D eigenvalue weighted by Crippen LogP contribution is 2.35. The van der Waals surface area contributed by atoms with E-state index in [-0.39, 0.29) is 0 Å². The van der Waals surface area contributed by atoms with Gasteiger partial charge in [-0.15, -0.1) is 0 Å². The lowest BCUT2D eigenvalue weighted by Crippen LogP contribution is -1.97. The molecule has 25 heavy (non-hydrogen) atoms. The van der Waals surface area contributed by atoms with Crippen molar-refractivity contribution < 1.29 is 9.47 Å². The molecule has 0 radical (unpaired) electrons. The Balaban J connectivity index is 2.00. The number of H-pyrrole nitrogens is 1. The lowest BCUT2D eigenvalue weighted by atomic mass is 10.2. The highest BCUT2D eigenvalue weighted by molar-refractivity contribution is 7.71. The number of nitrogens with zero attached hydrogens (tertiary/aromatic N) is 3. The van der Waals surface area contributed by atoms with E-state index in [2.05, 4.69) is 15.3 Å². The molecule has 0 aliphatic carbocycles. The van der Waals surface area contributed by atoms with Gasteiger partial charge in [-0.25, -0.2) is 5.10 Å². The largest absolute Gasteiger partial charge is 0.493 e. The molecule has 0 fully saturated rings. The smallest absolute Gasteiger partial charge is 0.216 e. The molecule has 0 atom stereocenters. The number of aromatic amines is 1. The zero-order chi connectivity index (χ0) is 17.8. The Hall–Kier alpha value is -2.64. The standard InChI is InChI=1S/C17H15ClN4O2S/c1-23-14-9-11(8-13(18)15(14)24-2)10-19-22-16(20-21-17(22)25)12-6-4-3-5-7-12/h3-10H,1-2H3,(H,21,25)/b19-10-. The van der Waals surface area contributed by atoms with Crippen molar-refractivity contribution in [3.05, 3.63) is 57.8 Å². The van der Waals surface area contributed by atoms with Crippen LogP contribution < -0.4 is 9.47 Å². The molecule has 6 nitrogen and oxygen atoms in total. The molecule has 0 unspecified atom stereocenters. The zero-order valence-corrected chi connectivity index (χ0v) is 15.1. The van der Waals surface area contributed by atoms with E-state index in [0.29, 0.717) is 27.1 Å². The van der Waals surface area contributed by atoms with Crippen LogP contribution in [0.3, 0.4) is 0 Å². The maximum absolute atomic E-state index is 6.22. The topological polar surface area (TPSA) is 64.4 Å². The van der Waals surface area contributed by atoms with Crippen molar-refractivity contribution in [3.63, 3.8) is 0 Å². The third kappa shape index (κ3) is 3.57. The van der Waals surface area contributed by atoms with E-state index in [4.69, 9.17) is 33.3 Å². The van der Waals surface area contributed by atoms with Crippen molar-refractivity contribution in [3.8, 4) is 22.9 Å². The van der Waals surface area contributed by atoms with E-state index in [1.807, 2.05) is 30.3 Å². The lowest BCUT2D eigenvalue weighted by Gasteiger charge is -2.10. The van der Waals surface area contributed by atoms with Crippen LogP contribution in [0.4, 0.5) is 0 Å². The number of rotatable bonds is 5. The molecule has 0 amide bonds. The van der Waals surface area contributed by atoms with E-state index in [9.17, 15) is 0 Å². The third-order valence-corrected chi connectivity index (χ3v) is 4.01. The van der Waals surface area contributed by atoms with Gasteiger partial charge in [-0.05, 0) is 29.9 Å². The fourth-order valence-electron chi connectivity index (χ4n) is 2.31. The zero-order valence-electron chi connectivity index (χ0n) is 13.6. The lowest BCUT2D eigenvalue weighted by molar-refractivity contribution is 0.355. The van der Waals surface area contributed by atoms with Crippen molar-refractivity contribution in [2.24, 2.45) is 5.10 Å². The van der Waals surface area contributed by atoms with Crippen LogP contribution in [0, 0.1) is 4.77 Å². The fourth-order valence-corrected chi connectivity index (χ4v) is 2.79. The van der Waals surface area contributed by atoms with Gasteiger partial charge in [0, 0.05) is 5.56 Å². The summed E-state index contributed by atoms with van der Waals surface area (Å²) >= 11 is 11.5. The van der Waals surface area contributed by atoms with Crippen LogP contribution in [0.25, 0.3) is 11.4 Å². The van der Waals surface area contributed by atoms with Gasteiger partial charge in [0.25, 0.3) is 0 Å². The Bertz CT molecular complexity index is 967. The van der Waals surface area contributed by atoms with Crippen LogP contribution in [0.1, 0.15) is 5.56 Å². The predicted octanol–water partition coefficient (Wildman–Crippen LogP) is 4.16. The number of nitrogens with one attached hydrogen (secondary N) is 1. The average molecular weight is 375 g/mol. The highest BCUT2D eigenvalue weighted by atomic mass is 35.5.